The molecular weight excluding hydrogens is 182 g/mol. The highest BCUT2D eigenvalue weighted by Crippen LogP contribution is 2.11. The van der Waals surface area contributed by atoms with Crippen LogP contribution in [0.25, 0.3) is 0 Å². The van der Waals surface area contributed by atoms with Crippen LogP contribution < -0.4 is 0 Å². The van der Waals surface area contributed by atoms with Gasteiger partial charge in [-0.3, -0.25) is 0 Å². The van der Waals surface area contributed by atoms with Crippen LogP contribution in [0.5, 0.6) is 0 Å². The number of hydrogen-bond acceptors (Lipinski definition) is 4. The molecule has 1 saturated heterocycles. The lowest BCUT2D eigenvalue weighted by Crippen LogP contribution is -2.46. The lowest BCUT2D eigenvalue weighted by atomic mass is 10.2. The van der Waals surface area contributed by atoms with E-state index in [4.69, 9.17) is 9.57 Å². The zero-order valence-electron chi connectivity index (χ0n) is 8.78. The van der Waals surface area contributed by atoms with Crippen molar-refractivity contribution >= 4 is 5.97 Å². The van der Waals surface area contributed by atoms with Crippen molar-refractivity contribution < 1.29 is 14.4 Å². The number of nitrogens with zero attached hydrogens (tertiary/aromatic N) is 1. The fraction of sp³-hybridized carbons (Fsp3) is 0.700. The first kappa shape index (κ1) is 11.2. The van der Waals surface area contributed by atoms with E-state index in [9.17, 15) is 4.79 Å². The molecule has 1 heterocycles. The predicted octanol–water partition coefficient (Wildman–Crippen LogP) is 1.13. The third-order valence-electron chi connectivity index (χ3n) is 2.19. The third-order valence-corrected chi connectivity index (χ3v) is 2.19. The standard InChI is InChI=1S/C10H17NO3/c1-4-9-7-13-6-5-11(9)14-10(12)8(2)3/h9H,2,4-7H2,1,3H3. The molecule has 4 nitrogen and oxygen atoms in total. The Morgan fingerprint density at radius 2 is 2.43 bits per heavy atom. The quantitative estimate of drug-likeness (QED) is 0.639. The predicted molar refractivity (Wildman–Crippen MR) is 52.5 cm³/mol. The molecule has 0 radical (unpaired) electrons. The van der Waals surface area contributed by atoms with Gasteiger partial charge in [0, 0.05) is 5.57 Å². The van der Waals surface area contributed by atoms with E-state index in [2.05, 4.69) is 6.58 Å². The molecule has 0 N–H and O–H groups in total. The highest BCUT2D eigenvalue weighted by molar-refractivity contribution is 5.86. The topological polar surface area (TPSA) is 38.8 Å². The maximum Gasteiger partial charge on any atom is 0.352 e. The lowest BCUT2D eigenvalue weighted by Gasteiger charge is -2.32. The zero-order valence-corrected chi connectivity index (χ0v) is 8.78. The normalized spacial score (nSPS) is 23.1. The molecule has 1 unspecified atom stereocenters. The number of carbonyl (C=O) groups is 1. The van der Waals surface area contributed by atoms with Crippen molar-refractivity contribution in [2.45, 2.75) is 26.3 Å². The molecule has 0 aromatic carbocycles. The summed E-state index contributed by atoms with van der Waals surface area (Å²) in [5, 5.41) is 1.69. The highest BCUT2D eigenvalue weighted by atomic mass is 16.7. The van der Waals surface area contributed by atoms with Crippen LogP contribution in [-0.2, 0) is 14.4 Å². The summed E-state index contributed by atoms with van der Waals surface area (Å²) in [5.41, 5.74) is 0.423. The Morgan fingerprint density at radius 1 is 1.71 bits per heavy atom. The van der Waals surface area contributed by atoms with Gasteiger partial charge in [-0.25, -0.2) is 4.79 Å². The van der Waals surface area contributed by atoms with Crippen LogP contribution in [0.3, 0.4) is 0 Å². The average Bonchev–Trinajstić information content (AvgIpc) is 2.18. The monoisotopic (exact) mass is 199 g/mol. The second-order valence-electron chi connectivity index (χ2n) is 3.44. The number of hydrogen-bond donors (Lipinski definition) is 0. The minimum absolute atomic E-state index is 0.173. The average molecular weight is 199 g/mol. The van der Waals surface area contributed by atoms with Crippen molar-refractivity contribution in [2.24, 2.45) is 0 Å². The summed E-state index contributed by atoms with van der Waals surface area (Å²) in [6.07, 6.45) is 0.906. The largest absolute Gasteiger partial charge is 0.378 e. The van der Waals surface area contributed by atoms with Gasteiger partial charge in [-0.1, -0.05) is 13.5 Å². The second-order valence-corrected chi connectivity index (χ2v) is 3.44. The zero-order chi connectivity index (χ0) is 10.6. The molecule has 0 aromatic heterocycles. The summed E-state index contributed by atoms with van der Waals surface area (Å²) in [6, 6.07) is 0.173. The fourth-order valence-electron chi connectivity index (χ4n) is 1.27. The Bertz CT molecular complexity index is 227. The first-order chi connectivity index (χ1) is 6.65. The van der Waals surface area contributed by atoms with Gasteiger partial charge in [0.1, 0.15) is 0 Å². The van der Waals surface area contributed by atoms with Crippen molar-refractivity contribution in [3.05, 3.63) is 12.2 Å². The number of rotatable bonds is 3. The fourth-order valence-corrected chi connectivity index (χ4v) is 1.27. The van der Waals surface area contributed by atoms with Gasteiger partial charge in [-0.15, -0.1) is 5.06 Å². The van der Waals surface area contributed by atoms with E-state index >= 15 is 0 Å². The van der Waals surface area contributed by atoms with Crippen molar-refractivity contribution in [3.8, 4) is 0 Å². The molecule has 0 bridgehead atoms. The summed E-state index contributed by atoms with van der Waals surface area (Å²) in [7, 11) is 0. The molecule has 1 fully saturated rings. The van der Waals surface area contributed by atoms with E-state index in [1.165, 1.54) is 0 Å². The molecule has 1 atom stereocenters. The molecule has 0 saturated carbocycles. The molecule has 0 spiro atoms. The first-order valence-electron chi connectivity index (χ1n) is 4.87. The Hall–Kier alpha value is -0.870. The van der Waals surface area contributed by atoms with Crippen molar-refractivity contribution in [2.75, 3.05) is 19.8 Å². The smallest absolute Gasteiger partial charge is 0.352 e. The van der Waals surface area contributed by atoms with E-state index in [1.807, 2.05) is 6.92 Å². The molecule has 4 heteroatoms. The molecular formula is C10H17NO3. The number of ether oxygens (including phenoxy) is 1. The van der Waals surface area contributed by atoms with Gasteiger partial charge in [0.05, 0.1) is 25.8 Å². The molecule has 0 aliphatic carbocycles. The van der Waals surface area contributed by atoms with Gasteiger partial charge >= 0.3 is 5.97 Å². The number of hydroxylamine groups is 2. The Morgan fingerprint density at radius 3 is 3.00 bits per heavy atom. The lowest BCUT2D eigenvalue weighted by molar-refractivity contribution is -0.219. The van der Waals surface area contributed by atoms with Crippen LogP contribution in [0, 0.1) is 0 Å². The Labute approximate surface area is 84.4 Å². The summed E-state index contributed by atoms with van der Waals surface area (Å²) in [4.78, 5) is 16.4. The van der Waals surface area contributed by atoms with E-state index < -0.39 is 0 Å². The molecule has 1 rings (SSSR count). The molecule has 0 amide bonds. The maximum atomic E-state index is 11.3. The first-order valence-corrected chi connectivity index (χ1v) is 4.87. The summed E-state index contributed by atoms with van der Waals surface area (Å²) < 4.78 is 5.29. The van der Waals surface area contributed by atoms with E-state index in [1.54, 1.807) is 12.0 Å². The molecule has 0 aromatic rings. The molecule has 1 aliphatic rings. The van der Waals surface area contributed by atoms with Gasteiger partial charge in [0.2, 0.25) is 0 Å². The van der Waals surface area contributed by atoms with Crippen LogP contribution in [0.1, 0.15) is 20.3 Å². The summed E-state index contributed by atoms with van der Waals surface area (Å²) in [6.45, 7) is 9.10. The summed E-state index contributed by atoms with van der Waals surface area (Å²) >= 11 is 0. The minimum atomic E-state index is -0.356. The Kier molecular flexibility index (Phi) is 4.10. The van der Waals surface area contributed by atoms with Crippen molar-refractivity contribution in [3.63, 3.8) is 0 Å². The van der Waals surface area contributed by atoms with Crippen molar-refractivity contribution in [1.82, 2.24) is 5.06 Å². The minimum Gasteiger partial charge on any atom is -0.378 e. The number of carbonyl (C=O) groups excluding carboxylic acids is 1. The van der Waals surface area contributed by atoms with Crippen LogP contribution in [0.4, 0.5) is 0 Å². The highest BCUT2D eigenvalue weighted by Gasteiger charge is 2.24. The van der Waals surface area contributed by atoms with Crippen LogP contribution in [0.15, 0.2) is 12.2 Å². The van der Waals surface area contributed by atoms with Gasteiger partial charge < -0.3 is 9.57 Å². The van der Waals surface area contributed by atoms with Gasteiger partial charge in [0.15, 0.2) is 0 Å². The van der Waals surface area contributed by atoms with E-state index in [0.717, 1.165) is 6.42 Å². The Balaban J connectivity index is 2.48. The second kappa shape index (κ2) is 5.12. The molecule has 80 valence electrons. The maximum absolute atomic E-state index is 11.3. The summed E-state index contributed by atoms with van der Waals surface area (Å²) in [5.74, 6) is -0.356. The molecule has 14 heavy (non-hydrogen) atoms. The van der Waals surface area contributed by atoms with Crippen LogP contribution in [0.2, 0.25) is 0 Å². The number of morpholine rings is 1. The van der Waals surface area contributed by atoms with Crippen molar-refractivity contribution in [1.29, 1.82) is 0 Å². The van der Waals surface area contributed by atoms with Crippen LogP contribution >= 0.6 is 0 Å². The van der Waals surface area contributed by atoms with Crippen LogP contribution in [-0.4, -0.2) is 36.8 Å². The van der Waals surface area contributed by atoms with Gasteiger partial charge in [-0.2, -0.15) is 0 Å². The van der Waals surface area contributed by atoms with E-state index in [0.29, 0.717) is 25.3 Å². The van der Waals surface area contributed by atoms with E-state index in [-0.39, 0.29) is 12.0 Å². The van der Waals surface area contributed by atoms with Gasteiger partial charge in [0.25, 0.3) is 0 Å². The SMILES string of the molecule is C=C(C)C(=O)ON1CCOCC1CC. The van der Waals surface area contributed by atoms with Gasteiger partial charge in [-0.05, 0) is 13.3 Å². The molecule has 1 aliphatic heterocycles. The third kappa shape index (κ3) is 2.82.